The number of nitrogens with zero attached hydrogens (tertiary/aromatic N) is 2. The molecule has 1 aliphatic rings. The molecule has 17 heavy (non-hydrogen) atoms. The van der Waals surface area contributed by atoms with E-state index in [1.54, 1.807) is 0 Å². The summed E-state index contributed by atoms with van der Waals surface area (Å²) in [7, 11) is 1.93. The zero-order chi connectivity index (χ0) is 11.4. The summed E-state index contributed by atoms with van der Waals surface area (Å²) >= 11 is 0. The van der Waals surface area contributed by atoms with E-state index in [0.717, 1.165) is 44.2 Å². The molecule has 2 rings (SSSR count). The van der Waals surface area contributed by atoms with Gasteiger partial charge >= 0.3 is 0 Å². The Morgan fingerprint density at radius 1 is 1.53 bits per heavy atom. The summed E-state index contributed by atoms with van der Waals surface area (Å²) in [6, 6.07) is 0.375. The maximum Gasteiger partial charge on any atom is 0.227 e. The van der Waals surface area contributed by atoms with E-state index in [4.69, 9.17) is 9.26 Å². The predicted octanol–water partition coefficient (Wildman–Crippen LogP) is 1.22. The van der Waals surface area contributed by atoms with Gasteiger partial charge < -0.3 is 14.6 Å². The molecule has 6 heteroatoms. The van der Waals surface area contributed by atoms with Crippen molar-refractivity contribution in [2.75, 3.05) is 20.3 Å². The number of hydrogen-bond donors (Lipinski definition) is 1. The van der Waals surface area contributed by atoms with E-state index < -0.39 is 0 Å². The van der Waals surface area contributed by atoms with Crippen molar-refractivity contribution in [1.29, 1.82) is 0 Å². The van der Waals surface area contributed by atoms with Crippen LogP contribution in [0.2, 0.25) is 0 Å². The first-order chi connectivity index (χ1) is 7.78. The lowest BCUT2D eigenvalue weighted by Crippen LogP contribution is -2.24. The topological polar surface area (TPSA) is 60.2 Å². The highest BCUT2D eigenvalue weighted by Crippen LogP contribution is 2.17. The van der Waals surface area contributed by atoms with Crippen LogP contribution < -0.4 is 5.32 Å². The summed E-state index contributed by atoms with van der Waals surface area (Å²) in [4.78, 5) is 4.39. The van der Waals surface area contributed by atoms with Crippen molar-refractivity contribution in [3.05, 3.63) is 11.7 Å². The summed E-state index contributed by atoms with van der Waals surface area (Å²) in [5.41, 5.74) is 0. The number of rotatable bonds is 5. The molecule has 1 fully saturated rings. The van der Waals surface area contributed by atoms with Crippen molar-refractivity contribution in [3.63, 3.8) is 0 Å². The summed E-state index contributed by atoms with van der Waals surface area (Å²) in [5, 5.41) is 7.13. The van der Waals surface area contributed by atoms with Crippen LogP contribution in [0.15, 0.2) is 4.52 Å². The number of halogens is 1. The van der Waals surface area contributed by atoms with Gasteiger partial charge in [-0.25, -0.2) is 0 Å². The molecule has 1 aromatic rings. The van der Waals surface area contributed by atoms with E-state index in [2.05, 4.69) is 22.4 Å². The lowest BCUT2D eigenvalue weighted by Gasteiger charge is -2.04. The van der Waals surface area contributed by atoms with Crippen molar-refractivity contribution in [3.8, 4) is 0 Å². The number of hydrogen-bond acceptors (Lipinski definition) is 5. The molecule has 98 valence electrons. The van der Waals surface area contributed by atoms with Crippen LogP contribution in [0.25, 0.3) is 0 Å². The average molecular weight is 262 g/mol. The smallest absolute Gasteiger partial charge is 0.227 e. The van der Waals surface area contributed by atoms with E-state index in [-0.39, 0.29) is 12.4 Å². The first-order valence-corrected chi connectivity index (χ1v) is 5.84. The van der Waals surface area contributed by atoms with Gasteiger partial charge in [-0.1, -0.05) is 5.16 Å². The molecule has 1 N–H and O–H groups in total. The Balaban J connectivity index is 0.00000144. The van der Waals surface area contributed by atoms with Crippen LogP contribution in [-0.4, -0.2) is 36.4 Å². The van der Waals surface area contributed by atoms with Gasteiger partial charge in [0.25, 0.3) is 0 Å². The molecule has 0 aromatic carbocycles. The largest absolute Gasteiger partial charge is 0.381 e. The average Bonchev–Trinajstić information content (AvgIpc) is 2.91. The SMILES string of the molecule is CNC(C)Cc1noc(CC2CCOC2)n1.Cl. The first-order valence-electron chi connectivity index (χ1n) is 5.84. The van der Waals surface area contributed by atoms with Crippen molar-refractivity contribution >= 4 is 12.4 Å². The van der Waals surface area contributed by atoms with Gasteiger partial charge in [0.1, 0.15) is 0 Å². The monoisotopic (exact) mass is 261 g/mol. The Kier molecular flexibility index (Phi) is 5.88. The van der Waals surface area contributed by atoms with Crippen LogP contribution in [0.3, 0.4) is 0 Å². The van der Waals surface area contributed by atoms with E-state index in [0.29, 0.717) is 12.0 Å². The maximum atomic E-state index is 5.32. The molecule has 2 atom stereocenters. The molecule has 1 aromatic heterocycles. The molecular formula is C11H20ClN3O2. The van der Waals surface area contributed by atoms with Gasteiger partial charge in [-0.3, -0.25) is 0 Å². The summed E-state index contributed by atoms with van der Waals surface area (Å²) in [6.45, 7) is 3.79. The quantitative estimate of drug-likeness (QED) is 0.864. The minimum absolute atomic E-state index is 0. The summed E-state index contributed by atoms with van der Waals surface area (Å²) in [6.07, 6.45) is 2.76. The van der Waals surface area contributed by atoms with Gasteiger partial charge in [-0.2, -0.15) is 4.98 Å². The molecule has 2 heterocycles. The fourth-order valence-electron chi connectivity index (χ4n) is 1.82. The lowest BCUT2D eigenvalue weighted by molar-refractivity contribution is 0.183. The molecule has 0 spiro atoms. The molecule has 0 bridgehead atoms. The van der Waals surface area contributed by atoms with Gasteiger partial charge in [0.15, 0.2) is 5.82 Å². The normalized spacial score (nSPS) is 21.2. The number of ether oxygens (including phenoxy) is 1. The minimum atomic E-state index is 0. The Hall–Kier alpha value is -0.650. The van der Waals surface area contributed by atoms with Gasteiger partial charge in [0.05, 0.1) is 0 Å². The molecule has 0 saturated carbocycles. The highest BCUT2D eigenvalue weighted by atomic mass is 35.5. The van der Waals surface area contributed by atoms with Crippen LogP contribution in [0.4, 0.5) is 0 Å². The van der Waals surface area contributed by atoms with Crippen molar-refractivity contribution in [2.24, 2.45) is 5.92 Å². The third-order valence-electron chi connectivity index (χ3n) is 2.98. The predicted molar refractivity (Wildman–Crippen MR) is 66.4 cm³/mol. The molecule has 0 aliphatic carbocycles. The van der Waals surface area contributed by atoms with Crippen molar-refractivity contribution in [1.82, 2.24) is 15.5 Å². The zero-order valence-corrected chi connectivity index (χ0v) is 11.1. The molecule has 2 unspecified atom stereocenters. The summed E-state index contributed by atoms with van der Waals surface area (Å²) in [5.74, 6) is 2.08. The lowest BCUT2D eigenvalue weighted by atomic mass is 10.1. The van der Waals surface area contributed by atoms with Gasteiger partial charge in [-0.15, -0.1) is 12.4 Å². The number of aromatic nitrogens is 2. The van der Waals surface area contributed by atoms with Crippen molar-refractivity contribution in [2.45, 2.75) is 32.2 Å². The van der Waals surface area contributed by atoms with Crippen LogP contribution in [-0.2, 0) is 17.6 Å². The maximum absolute atomic E-state index is 5.32. The Labute approximate surface area is 108 Å². The molecule has 1 aliphatic heterocycles. The molecule has 5 nitrogen and oxygen atoms in total. The Morgan fingerprint density at radius 3 is 3.00 bits per heavy atom. The first kappa shape index (κ1) is 14.4. The summed E-state index contributed by atoms with van der Waals surface area (Å²) < 4.78 is 10.5. The van der Waals surface area contributed by atoms with Crippen LogP contribution in [0.5, 0.6) is 0 Å². The zero-order valence-electron chi connectivity index (χ0n) is 10.3. The molecule has 1 saturated heterocycles. The highest BCUT2D eigenvalue weighted by Gasteiger charge is 2.19. The molecule has 0 amide bonds. The molecule has 0 radical (unpaired) electrons. The van der Waals surface area contributed by atoms with Gasteiger partial charge in [0, 0.05) is 32.1 Å². The molecular weight excluding hydrogens is 242 g/mol. The highest BCUT2D eigenvalue weighted by molar-refractivity contribution is 5.85. The fraction of sp³-hybridized carbons (Fsp3) is 0.818. The van der Waals surface area contributed by atoms with E-state index in [1.807, 2.05) is 7.05 Å². The van der Waals surface area contributed by atoms with Crippen LogP contribution in [0.1, 0.15) is 25.1 Å². The standard InChI is InChI=1S/C11H19N3O2.ClH/c1-8(12-2)5-10-13-11(16-14-10)6-9-3-4-15-7-9;/h8-9,12H,3-7H2,1-2H3;1H. The second kappa shape index (κ2) is 6.93. The van der Waals surface area contributed by atoms with Crippen LogP contribution in [0, 0.1) is 5.92 Å². The minimum Gasteiger partial charge on any atom is -0.381 e. The van der Waals surface area contributed by atoms with Gasteiger partial charge in [0.2, 0.25) is 5.89 Å². The van der Waals surface area contributed by atoms with Gasteiger partial charge in [-0.05, 0) is 26.3 Å². The van der Waals surface area contributed by atoms with E-state index in [1.165, 1.54) is 0 Å². The van der Waals surface area contributed by atoms with Crippen LogP contribution >= 0.6 is 12.4 Å². The third kappa shape index (κ3) is 4.26. The van der Waals surface area contributed by atoms with E-state index >= 15 is 0 Å². The second-order valence-electron chi connectivity index (χ2n) is 4.43. The Morgan fingerprint density at radius 2 is 2.35 bits per heavy atom. The number of nitrogens with one attached hydrogen (secondary N) is 1. The third-order valence-corrected chi connectivity index (χ3v) is 2.98. The fourth-order valence-corrected chi connectivity index (χ4v) is 1.82. The number of likely N-dealkylation sites (N-methyl/N-ethyl adjacent to an activating group) is 1. The Bertz CT molecular complexity index is 326. The van der Waals surface area contributed by atoms with Crippen molar-refractivity contribution < 1.29 is 9.26 Å². The van der Waals surface area contributed by atoms with E-state index in [9.17, 15) is 0 Å². The second-order valence-corrected chi connectivity index (χ2v) is 4.43.